The Hall–Kier alpha value is -2.94. The number of rotatable bonds is 5. The third kappa shape index (κ3) is 3.65. The summed E-state index contributed by atoms with van der Waals surface area (Å²) in [7, 11) is 0. The van der Waals surface area contributed by atoms with E-state index >= 15 is 0 Å². The van der Waals surface area contributed by atoms with Crippen molar-refractivity contribution in [3.05, 3.63) is 53.1 Å². The van der Waals surface area contributed by atoms with Gasteiger partial charge in [-0.05, 0) is 26.8 Å². The topological polar surface area (TPSA) is 74.2 Å². The van der Waals surface area contributed by atoms with Crippen molar-refractivity contribution < 1.29 is 18.3 Å². The Morgan fingerprint density at radius 2 is 1.90 bits per heavy atom. The largest absolute Gasteiger partial charge is 0.386 e. The van der Waals surface area contributed by atoms with E-state index in [4.69, 9.17) is 0 Å². The molecular formula is C21H22F3N5O. The SMILES string of the molecule is Cc1nnc(N[C@H](C)c2cccc(C(F)F)c2F)c2cc(N3CC(C)(O)C3)cnc12. The highest BCUT2D eigenvalue weighted by molar-refractivity contribution is 5.92. The molecule has 0 unspecified atom stereocenters. The van der Waals surface area contributed by atoms with Gasteiger partial charge in [-0.25, -0.2) is 13.2 Å². The van der Waals surface area contributed by atoms with E-state index in [0.29, 0.717) is 35.5 Å². The van der Waals surface area contributed by atoms with Gasteiger partial charge in [-0.2, -0.15) is 5.10 Å². The monoisotopic (exact) mass is 417 g/mol. The van der Waals surface area contributed by atoms with Crippen LogP contribution in [0.5, 0.6) is 0 Å². The van der Waals surface area contributed by atoms with Gasteiger partial charge in [0.2, 0.25) is 0 Å². The number of hydrogen-bond acceptors (Lipinski definition) is 6. The summed E-state index contributed by atoms with van der Waals surface area (Å²) >= 11 is 0. The lowest BCUT2D eigenvalue weighted by molar-refractivity contribution is 0.0310. The molecule has 0 aliphatic carbocycles. The molecule has 0 spiro atoms. The Kier molecular flexibility index (Phi) is 5.01. The molecular weight excluding hydrogens is 395 g/mol. The third-order valence-electron chi connectivity index (χ3n) is 5.31. The van der Waals surface area contributed by atoms with Crippen molar-refractivity contribution in [1.82, 2.24) is 15.2 Å². The Balaban J connectivity index is 1.69. The fourth-order valence-corrected chi connectivity index (χ4v) is 3.74. The number of aromatic nitrogens is 3. The number of anilines is 2. The van der Waals surface area contributed by atoms with Gasteiger partial charge in [0.1, 0.15) is 5.82 Å². The van der Waals surface area contributed by atoms with Crippen molar-refractivity contribution in [2.24, 2.45) is 0 Å². The molecule has 158 valence electrons. The Morgan fingerprint density at radius 3 is 2.57 bits per heavy atom. The second kappa shape index (κ2) is 7.39. The van der Waals surface area contributed by atoms with E-state index in [9.17, 15) is 18.3 Å². The van der Waals surface area contributed by atoms with E-state index in [0.717, 1.165) is 11.8 Å². The predicted octanol–water partition coefficient (Wildman–Crippen LogP) is 4.15. The molecule has 1 aliphatic rings. The number of aryl methyl sites for hydroxylation is 1. The second-order valence-electron chi connectivity index (χ2n) is 7.99. The van der Waals surface area contributed by atoms with E-state index < -0.39 is 29.4 Å². The number of nitrogens with zero attached hydrogens (tertiary/aromatic N) is 4. The minimum absolute atomic E-state index is 0.117. The normalized spacial score (nSPS) is 16.6. The number of aliphatic hydroxyl groups is 1. The standard InChI is InChI=1S/C21H22F3N5O/c1-11(14-5-4-6-15(17(14)22)19(23)24)26-20-16-7-13(29-9-21(3,30)10-29)8-25-18(16)12(2)27-28-20/h4-8,11,19,30H,9-10H2,1-3H3,(H,26,28)/t11-/m1/s1. The Morgan fingerprint density at radius 1 is 1.20 bits per heavy atom. The molecule has 1 atom stereocenters. The van der Waals surface area contributed by atoms with Crippen LogP contribution in [0.4, 0.5) is 24.7 Å². The minimum atomic E-state index is -2.89. The van der Waals surface area contributed by atoms with Crippen molar-refractivity contribution in [2.45, 2.75) is 38.8 Å². The van der Waals surface area contributed by atoms with E-state index in [-0.39, 0.29) is 5.56 Å². The number of halogens is 3. The fourth-order valence-electron chi connectivity index (χ4n) is 3.74. The zero-order valence-corrected chi connectivity index (χ0v) is 16.8. The summed E-state index contributed by atoms with van der Waals surface area (Å²) < 4.78 is 40.7. The maximum atomic E-state index is 14.6. The molecule has 0 saturated carbocycles. The fraction of sp³-hybridized carbons (Fsp3) is 0.381. The number of fused-ring (bicyclic) bond motifs is 1. The van der Waals surface area contributed by atoms with E-state index in [1.807, 2.05) is 11.0 Å². The molecule has 30 heavy (non-hydrogen) atoms. The summed E-state index contributed by atoms with van der Waals surface area (Å²) in [6.45, 7) is 6.20. The molecule has 3 aromatic rings. The number of nitrogens with one attached hydrogen (secondary N) is 1. The lowest BCUT2D eigenvalue weighted by Crippen LogP contribution is -2.60. The van der Waals surface area contributed by atoms with Crippen LogP contribution in [-0.4, -0.2) is 39.0 Å². The van der Waals surface area contributed by atoms with Gasteiger partial charge in [-0.1, -0.05) is 18.2 Å². The summed E-state index contributed by atoms with van der Waals surface area (Å²) in [5.41, 5.74) is 0.849. The lowest BCUT2D eigenvalue weighted by atomic mass is 9.96. The molecule has 9 heteroatoms. The summed E-state index contributed by atoms with van der Waals surface area (Å²) in [5, 5.41) is 22.1. The number of alkyl halides is 2. The van der Waals surface area contributed by atoms with Gasteiger partial charge in [0.25, 0.3) is 6.43 Å². The van der Waals surface area contributed by atoms with Gasteiger partial charge in [0.15, 0.2) is 5.82 Å². The van der Waals surface area contributed by atoms with Crippen LogP contribution in [0.2, 0.25) is 0 Å². The van der Waals surface area contributed by atoms with Gasteiger partial charge < -0.3 is 15.3 Å². The Labute approximate surface area is 171 Å². The summed E-state index contributed by atoms with van der Waals surface area (Å²) in [4.78, 5) is 6.48. The molecule has 1 fully saturated rings. The van der Waals surface area contributed by atoms with Gasteiger partial charge in [-0.15, -0.1) is 5.10 Å². The van der Waals surface area contributed by atoms with Crippen LogP contribution in [0.15, 0.2) is 30.5 Å². The summed E-state index contributed by atoms with van der Waals surface area (Å²) in [6.07, 6.45) is -1.18. The molecule has 3 heterocycles. The van der Waals surface area contributed by atoms with Gasteiger partial charge in [0, 0.05) is 24.0 Å². The van der Waals surface area contributed by atoms with Gasteiger partial charge in [0.05, 0.1) is 40.3 Å². The lowest BCUT2D eigenvalue weighted by Gasteiger charge is -2.45. The zero-order chi connectivity index (χ0) is 21.6. The predicted molar refractivity (Wildman–Crippen MR) is 108 cm³/mol. The van der Waals surface area contributed by atoms with Crippen molar-refractivity contribution in [3.63, 3.8) is 0 Å². The molecule has 6 nitrogen and oxygen atoms in total. The smallest absolute Gasteiger partial charge is 0.266 e. The van der Waals surface area contributed by atoms with Crippen LogP contribution < -0.4 is 10.2 Å². The van der Waals surface area contributed by atoms with Crippen molar-refractivity contribution in [3.8, 4) is 0 Å². The first-order valence-corrected chi connectivity index (χ1v) is 9.59. The highest BCUT2D eigenvalue weighted by Crippen LogP contribution is 2.33. The average molecular weight is 417 g/mol. The minimum Gasteiger partial charge on any atom is -0.386 e. The van der Waals surface area contributed by atoms with Crippen LogP contribution in [0, 0.1) is 12.7 Å². The number of β-amino-alcohol motifs (C(OH)–C–C–N with tert-alkyl or cyclic N) is 1. The maximum Gasteiger partial charge on any atom is 0.266 e. The number of hydrogen-bond donors (Lipinski definition) is 2. The molecule has 1 aliphatic heterocycles. The van der Waals surface area contributed by atoms with Gasteiger partial charge in [-0.3, -0.25) is 4.98 Å². The quantitative estimate of drug-likeness (QED) is 0.650. The number of pyridine rings is 1. The molecule has 0 radical (unpaired) electrons. The summed E-state index contributed by atoms with van der Waals surface area (Å²) in [5.74, 6) is -0.551. The number of benzene rings is 1. The second-order valence-corrected chi connectivity index (χ2v) is 7.99. The van der Waals surface area contributed by atoms with E-state index in [2.05, 4.69) is 20.5 Å². The first kappa shape index (κ1) is 20.3. The molecule has 2 aromatic heterocycles. The van der Waals surface area contributed by atoms with Crippen LogP contribution in [0.3, 0.4) is 0 Å². The van der Waals surface area contributed by atoms with Crippen molar-refractivity contribution in [2.75, 3.05) is 23.3 Å². The van der Waals surface area contributed by atoms with Crippen molar-refractivity contribution in [1.29, 1.82) is 0 Å². The molecule has 0 amide bonds. The molecule has 0 bridgehead atoms. The first-order chi connectivity index (χ1) is 14.2. The maximum absolute atomic E-state index is 14.6. The first-order valence-electron chi connectivity index (χ1n) is 9.59. The van der Waals surface area contributed by atoms with E-state index in [1.165, 1.54) is 12.1 Å². The van der Waals surface area contributed by atoms with E-state index in [1.54, 1.807) is 27.0 Å². The van der Waals surface area contributed by atoms with Gasteiger partial charge >= 0.3 is 0 Å². The average Bonchev–Trinajstić information content (AvgIpc) is 2.67. The third-order valence-corrected chi connectivity index (χ3v) is 5.31. The zero-order valence-electron chi connectivity index (χ0n) is 16.8. The van der Waals surface area contributed by atoms with Crippen LogP contribution >= 0.6 is 0 Å². The molecule has 1 aromatic carbocycles. The highest BCUT2D eigenvalue weighted by Gasteiger charge is 2.36. The summed E-state index contributed by atoms with van der Waals surface area (Å²) in [6, 6.07) is 5.22. The molecule has 2 N–H and O–H groups in total. The van der Waals surface area contributed by atoms with Crippen LogP contribution in [0.25, 0.3) is 10.9 Å². The molecule has 1 saturated heterocycles. The Bertz CT molecular complexity index is 1100. The van der Waals surface area contributed by atoms with Crippen molar-refractivity contribution >= 4 is 22.4 Å². The highest BCUT2D eigenvalue weighted by atomic mass is 19.3. The van der Waals surface area contributed by atoms with Crippen LogP contribution in [0.1, 0.15) is 43.1 Å². The van der Waals surface area contributed by atoms with Crippen LogP contribution in [-0.2, 0) is 0 Å². The molecule has 4 rings (SSSR count).